The van der Waals surface area contributed by atoms with Crippen LogP contribution in [0, 0.1) is 5.82 Å². The van der Waals surface area contributed by atoms with E-state index in [1.807, 2.05) is 0 Å². The molecule has 1 N–H and O–H groups in total. The highest BCUT2D eigenvalue weighted by molar-refractivity contribution is 6.04. The Morgan fingerprint density at radius 1 is 1.29 bits per heavy atom. The standard InChI is InChI=1S/C14H11F4N3O3/c1-24-12(22)7-21-5-4-11(20-21)19-13(23)9-3-2-8(15)6-10(9)14(16,17)18/h2-6H,7H2,1H3,(H,19,20,23). The normalized spacial score (nSPS) is 11.2. The number of nitrogens with zero attached hydrogens (tertiary/aromatic N) is 2. The van der Waals surface area contributed by atoms with E-state index in [9.17, 15) is 27.2 Å². The van der Waals surface area contributed by atoms with Gasteiger partial charge in [0.05, 0.1) is 18.2 Å². The lowest BCUT2D eigenvalue weighted by atomic mass is 10.1. The summed E-state index contributed by atoms with van der Waals surface area (Å²) in [5, 5.41) is 5.96. The van der Waals surface area contributed by atoms with Gasteiger partial charge in [-0.25, -0.2) is 4.39 Å². The monoisotopic (exact) mass is 345 g/mol. The maximum Gasteiger partial charge on any atom is 0.417 e. The Bertz CT molecular complexity index is 771. The van der Waals surface area contributed by atoms with Gasteiger partial charge < -0.3 is 10.1 Å². The number of halogens is 4. The molecule has 1 heterocycles. The number of ether oxygens (including phenoxy) is 1. The predicted molar refractivity (Wildman–Crippen MR) is 73.6 cm³/mol. The number of carbonyl (C=O) groups excluding carboxylic acids is 2. The van der Waals surface area contributed by atoms with Gasteiger partial charge in [0.1, 0.15) is 12.4 Å². The first kappa shape index (κ1) is 17.4. The number of carbonyl (C=O) groups is 2. The number of nitrogens with one attached hydrogen (secondary N) is 1. The van der Waals surface area contributed by atoms with Crippen molar-refractivity contribution in [3.05, 3.63) is 47.4 Å². The van der Waals surface area contributed by atoms with E-state index in [1.54, 1.807) is 0 Å². The molecule has 0 saturated heterocycles. The zero-order chi connectivity index (χ0) is 17.9. The van der Waals surface area contributed by atoms with E-state index in [0.29, 0.717) is 0 Å². The van der Waals surface area contributed by atoms with E-state index < -0.39 is 35.0 Å². The molecule has 0 atom stereocenters. The number of anilines is 1. The van der Waals surface area contributed by atoms with Gasteiger partial charge in [-0.1, -0.05) is 0 Å². The molecule has 0 saturated carbocycles. The lowest BCUT2D eigenvalue weighted by Crippen LogP contribution is -2.19. The topological polar surface area (TPSA) is 73.2 Å². The number of amides is 1. The number of hydrogen-bond acceptors (Lipinski definition) is 4. The van der Waals surface area contributed by atoms with Gasteiger partial charge in [0, 0.05) is 12.3 Å². The maximum absolute atomic E-state index is 13.0. The highest BCUT2D eigenvalue weighted by atomic mass is 19.4. The van der Waals surface area contributed by atoms with Crippen molar-refractivity contribution < 1.29 is 31.9 Å². The van der Waals surface area contributed by atoms with Crippen LogP contribution in [0.15, 0.2) is 30.5 Å². The molecule has 0 spiro atoms. The fraction of sp³-hybridized carbons (Fsp3) is 0.214. The fourth-order valence-corrected chi connectivity index (χ4v) is 1.85. The van der Waals surface area contributed by atoms with Crippen molar-refractivity contribution in [1.29, 1.82) is 0 Å². The van der Waals surface area contributed by atoms with Gasteiger partial charge >= 0.3 is 12.1 Å². The Morgan fingerprint density at radius 3 is 2.62 bits per heavy atom. The zero-order valence-electron chi connectivity index (χ0n) is 12.2. The van der Waals surface area contributed by atoms with Crippen LogP contribution in [0.4, 0.5) is 23.4 Å². The van der Waals surface area contributed by atoms with Crippen LogP contribution < -0.4 is 5.32 Å². The molecular formula is C14H11F4N3O3. The van der Waals surface area contributed by atoms with E-state index in [2.05, 4.69) is 15.2 Å². The number of aromatic nitrogens is 2. The lowest BCUT2D eigenvalue weighted by molar-refractivity contribution is -0.141. The summed E-state index contributed by atoms with van der Waals surface area (Å²) < 4.78 is 57.3. The minimum absolute atomic E-state index is 0.0682. The van der Waals surface area contributed by atoms with Crippen LogP contribution in [-0.2, 0) is 22.3 Å². The fourth-order valence-electron chi connectivity index (χ4n) is 1.85. The molecule has 128 valence electrons. The molecule has 1 amide bonds. The maximum atomic E-state index is 13.0. The Kier molecular flexibility index (Phi) is 4.86. The smallest absolute Gasteiger partial charge is 0.417 e. The summed E-state index contributed by atoms with van der Waals surface area (Å²) >= 11 is 0. The van der Waals surface area contributed by atoms with Crippen molar-refractivity contribution >= 4 is 17.7 Å². The molecule has 0 aliphatic rings. The van der Waals surface area contributed by atoms with Gasteiger partial charge in [0.15, 0.2) is 5.82 Å². The SMILES string of the molecule is COC(=O)Cn1ccc(NC(=O)c2ccc(F)cc2C(F)(F)F)n1. The second-order valence-electron chi connectivity index (χ2n) is 4.62. The molecule has 0 bridgehead atoms. The van der Waals surface area contributed by atoms with E-state index >= 15 is 0 Å². The van der Waals surface area contributed by atoms with Gasteiger partial charge in [-0.15, -0.1) is 0 Å². The first-order valence-corrected chi connectivity index (χ1v) is 6.49. The van der Waals surface area contributed by atoms with Gasteiger partial charge in [-0.05, 0) is 18.2 Å². The van der Waals surface area contributed by atoms with Crippen molar-refractivity contribution in [2.24, 2.45) is 0 Å². The molecule has 2 rings (SSSR count). The van der Waals surface area contributed by atoms with Crippen LogP contribution in [0.2, 0.25) is 0 Å². The second-order valence-corrected chi connectivity index (χ2v) is 4.62. The van der Waals surface area contributed by atoms with Gasteiger partial charge in [0.2, 0.25) is 0 Å². The Morgan fingerprint density at radius 2 is 2.00 bits per heavy atom. The molecule has 0 unspecified atom stereocenters. The van der Waals surface area contributed by atoms with Crippen LogP contribution in [0.5, 0.6) is 0 Å². The third-order valence-electron chi connectivity index (χ3n) is 2.93. The number of rotatable bonds is 4. The third-order valence-corrected chi connectivity index (χ3v) is 2.93. The van der Waals surface area contributed by atoms with Gasteiger partial charge in [0.25, 0.3) is 5.91 Å². The summed E-state index contributed by atoms with van der Waals surface area (Å²) in [4.78, 5) is 23.1. The number of methoxy groups -OCH3 is 1. The average Bonchev–Trinajstić information content (AvgIpc) is 2.93. The van der Waals surface area contributed by atoms with Gasteiger partial charge in [-0.3, -0.25) is 14.3 Å². The first-order valence-electron chi connectivity index (χ1n) is 6.49. The number of alkyl halides is 3. The molecule has 1 aromatic carbocycles. The summed E-state index contributed by atoms with van der Waals surface area (Å²) in [6.07, 6.45) is -3.55. The van der Waals surface area contributed by atoms with Crippen LogP contribution in [0.1, 0.15) is 15.9 Å². The third kappa shape index (κ3) is 4.09. The summed E-state index contributed by atoms with van der Waals surface area (Å²) in [6, 6.07) is 3.02. The van der Waals surface area contributed by atoms with Crippen molar-refractivity contribution in [3.8, 4) is 0 Å². The quantitative estimate of drug-likeness (QED) is 0.682. The van der Waals surface area contributed by atoms with Crippen molar-refractivity contribution in [2.75, 3.05) is 12.4 Å². The van der Waals surface area contributed by atoms with E-state index in [0.717, 1.165) is 16.8 Å². The Balaban J connectivity index is 2.20. The number of benzene rings is 1. The number of esters is 1. The molecule has 0 aliphatic heterocycles. The summed E-state index contributed by atoms with van der Waals surface area (Å²) in [5.41, 5.74) is -2.14. The van der Waals surface area contributed by atoms with Crippen molar-refractivity contribution in [2.45, 2.75) is 12.7 Å². The van der Waals surface area contributed by atoms with Crippen LogP contribution >= 0.6 is 0 Å². The van der Waals surface area contributed by atoms with Crippen molar-refractivity contribution in [1.82, 2.24) is 9.78 Å². The molecular weight excluding hydrogens is 334 g/mol. The molecule has 0 fully saturated rings. The molecule has 6 nitrogen and oxygen atoms in total. The van der Waals surface area contributed by atoms with Crippen molar-refractivity contribution in [3.63, 3.8) is 0 Å². The summed E-state index contributed by atoms with van der Waals surface area (Å²) in [6.45, 7) is -0.225. The lowest BCUT2D eigenvalue weighted by Gasteiger charge is -2.12. The Hall–Kier alpha value is -2.91. The molecule has 0 aliphatic carbocycles. The zero-order valence-corrected chi connectivity index (χ0v) is 12.2. The second kappa shape index (κ2) is 6.69. The molecule has 10 heteroatoms. The number of hydrogen-bond donors (Lipinski definition) is 1. The van der Waals surface area contributed by atoms with E-state index in [1.165, 1.54) is 19.4 Å². The highest BCUT2D eigenvalue weighted by Crippen LogP contribution is 2.32. The minimum atomic E-state index is -4.89. The molecule has 1 aromatic heterocycles. The van der Waals surface area contributed by atoms with Crippen LogP contribution in [0.25, 0.3) is 0 Å². The summed E-state index contributed by atoms with van der Waals surface area (Å²) in [5.74, 6) is -2.87. The molecule has 2 aromatic rings. The predicted octanol–water partition coefficient (Wildman–Crippen LogP) is 2.47. The Labute approximate surface area is 133 Å². The first-order chi connectivity index (χ1) is 11.2. The van der Waals surface area contributed by atoms with Gasteiger partial charge in [-0.2, -0.15) is 18.3 Å². The minimum Gasteiger partial charge on any atom is -0.468 e. The van der Waals surface area contributed by atoms with Crippen LogP contribution in [-0.4, -0.2) is 28.8 Å². The summed E-state index contributed by atoms with van der Waals surface area (Å²) in [7, 11) is 1.18. The van der Waals surface area contributed by atoms with Crippen LogP contribution in [0.3, 0.4) is 0 Å². The molecule has 24 heavy (non-hydrogen) atoms. The van der Waals surface area contributed by atoms with E-state index in [-0.39, 0.29) is 18.4 Å². The molecule has 0 radical (unpaired) electrons. The highest BCUT2D eigenvalue weighted by Gasteiger charge is 2.35. The average molecular weight is 345 g/mol. The largest absolute Gasteiger partial charge is 0.468 e. The van der Waals surface area contributed by atoms with E-state index in [4.69, 9.17) is 0 Å².